The predicted molar refractivity (Wildman–Crippen MR) is 128 cm³/mol. The standard InChI is InChI=1S/C26H29N3O5/c1-2-33-26(32)22-23(27-13-15-28(16-14-27)24(30)21-12-7-17-34-21)19-10-5-6-11-20(19)29(25(22)31)18-8-3-4-9-18/h5-7,10-12,17-18H,2-4,8-9,13-16H2,1H3. The van der Waals surface area contributed by atoms with Crippen LogP contribution < -0.4 is 10.5 Å². The topological polar surface area (TPSA) is 85.0 Å². The molecule has 3 heterocycles. The van der Waals surface area contributed by atoms with Crippen LogP contribution in [0.25, 0.3) is 10.9 Å². The van der Waals surface area contributed by atoms with Crippen molar-refractivity contribution < 1.29 is 18.7 Å². The summed E-state index contributed by atoms with van der Waals surface area (Å²) >= 11 is 0. The minimum atomic E-state index is -0.589. The highest BCUT2D eigenvalue weighted by Gasteiger charge is 2.32. The number of piperazine rings is 1. The maximum absolute atomic E-state index is 13.8. The molecule has 1 saturated carbocycles. The third kappa shape index (κ3) is 3.87. The van der Waals surface area contributed by atoms with Gasteiger partial charge in [-0.1, -0.05) is 31.0 Å². The number of esters is 1. The molecule has 8 nitrogen and oxygen atoms in total. The molecule has 0 bridgehead atoms. The third-order valence-electron chi connectivity index (χ3n) is 6.87. The Morgan fingerprint density at radius 3 is 2.44 bits per heavy atom. The van der Waals surface area contributed by atoms with Gasteiger partial charge < -0.3 is 23.5 Å². The molecule has 3 aromatic rings. The number of nitrogens with zero attached hydrogens (tertiary/aromatic N) is 3. The van der Waals surface area contributed by atoms with Gasteiger partial charge in [-0.3, -0.25) is 9.59 Å². The quantitative estimate of drug-likeness (QED) is 0.535. The number of carbonyl (C=O) groups is 2. The number of fused-ring (bicyclic) bond motifs is 1. The van der Waals surface area contributed by atoms with Crippen LogP contribution in [0.15, 0.2) is 51.9 Å². The molecule has 1 aliphatic heterocycles. The van der Waals surface area contributed by atoms with Crippen LogP contribution in [0.1, 0.15) is 59.6 Å². The fourth-order valence-electron chi connectivity index (χ4n) is 5.28. The Kier molecular flexibility index (Phi) is 6.13. The van der Waals surface area contributed by atoms with Gasteiger partial charge in [0.2, 0.25) is 0 Å². The number of amides is 1. The fraction of sp³-hybridized carbons (Fsp3) is 0.423. The van der Waals surface area contributed by atoms with Crippen molar-refractivity contribution in [3.8, 4) is 0 Å². The fourth-order valence-corrected chi connectivity index (χ4v) is 5.28. The molecule has 1 saturated heterocycles. The Hall–Kier alpha value is -3.55. The Labute approximate surface area is 197 Å². The first-order valence-corrected chi connectivity index (χ1v) is 12.0. The maximum atomic E-state index is 13.8. The summed E-state index contributed by atoms with van der Waals surface area (Å²) in [5.74, 6) is -0.434. The van der Waals surface area contributed by atoms with Gasteiger partial charge in [0.15, 0.2) is 5.76 Å². The predicted octanol–water partition coefficient (Wildman–Crippen LogP) is 3.85. The van der Waals surface area contributed by atoms with Gasteiger partial charge in [0.25, 0.3) is 11.5 Å². The minimum Gasteiger partial charge on any atom is -0.462 e. The highest BCUT2D eigenvalue weighted by atomic mass is 16.5. The average molecular weight is 464 g/mol. The number of rotatable bonds is 5. The summed E-state index contributed by atoms with van der Waals surface area (Å²) in [6.07, 6.45) is 5.50. The van der Waals surface area contributed by atoms with Crippen LogP contribution >= 0.6 is 0 Å². The SMILES string of the molecule is CCOC(=O)c1c(N2CCN(C(=O)c3ccco3)CC2)c2ccccc2n(C2CCCC2)c1=O. The summed E-state index contributed by atoms with van der Waals surface area (Å²) in [6, 6.07) is 11.2. The second kappa shape index (κ2) is 9.37. The van der Waals surface area contributed by atoms with Gasteiger partial charge in [-0.2, -0.15) is 0 Å². The van der Waals surface area contributed by atoms with Gasteiger partial charge in [-0.25, -0.2) is 4.79 Å². The molecule has 0 atom stereocenters. The van der Waals surface area contributed by atoms with Gasteiger partial charge in [0.1, 0.15) is 5.56 Å². The maximum Gasteiger partial charge on any atom is 0.345 e. The van der Waals surface area contributed by atoms with Crippen molar-refractivity contribution in [2.24, 2.45) is 0 Å². The van der Waals surface area contributed by atoms with E-state index in [9.17, 15) is 14.4 Å². The average Bonchev–Trinajstić information content (AvgIpc) is 3.58. The van der Waals surface area contributed by atoms with Crippen molar-refractivity contribution >= 4 is 28.5 Å². The zero-order valence-electron chi connectivity index (χ0n) is 19.4. The van der Waals surface area contributed by atoms with Crippen LogP contribution in [0.4, 0.5) is 5.69 Å². The highest BCUT2D eigenvalue weighted by Crippen LogP contribution is 2.36. The molecule has 34 heavy (non-hydrogen) atoms. The molecule has 1 aliphatic carbocycles. The van der Waals surface area contributed by atoms with Gasteiger partial charge in [-0.15, -0.1) is 0 Å². The third-order valence-corrected chi connectivity index (χ3v) is 6.87. The molecular formula is C26H29N3O5. The number of hydrogen-bond acceptors (Lipinski definition) is 6. The van der Waals surface area contributed by atoms with Crippen molar-refractivity contribution in [3.05, 3.63) is 64.3 Å². The summed E-state index contributed by atoms with van der Waals surface area (Å²) in [5, 5.41) is 0.864. The van der Waals surface area contributed by atoms with Crippen LogP contribution in [-0.4, -0.2) is 54.1 Å². The number of anilines is 1. The van der Waals surface area contributed by atoms with Crippen LogP contribution in [0.5, 0.6) is 0 Å². The van der Waals surface area contributed by atoms with E-state index in [1.54, 1.807) is 24.0 Å². The summed E-state index contributed by atoms with van der Waals surface area (Å²) in [6.45, 7) is 3.85. The molecule has 1 aromatic carbocycles. The lowest BCUT2D eigenvalue weighted by molar-refractivity contribution is 0.0523. The normalized spacial score (nSPS) is 16.9. The van der Waals surface area contributed by atoms with Crippen molar-refractivity contribution in [2.75, 3.05) is 37.7 Å². The first-order chi connectivity index (χ1) is 16.6. The zero-order chi connectivity index (χ0) is 23.7. The molecule has 2 aliphatic rings. The first kappa shape index (κ1) is 22.3. The summed E-state index contributed by atoms with van der Waals surface area (Å²) < 4.78 is 12.4. The molecule has 178 valence electrons. The molecule has 0 radical (unpaired) electrons. The van der Waals surface area contributed by atoms with E-state index in [2.05, 4.69) is 0 Å². The lowest BCUT2D eigenvalue weighted by Gasteiger charge is -2.37. The zero-order valence-corrected chi connectivity index (χ0v) is 19.4. The summed E-state index contributed by atoms with van der Waals surface area (Å²) in [5.41, 5.74) is 1.27. The summed E-state index contributed by atoms with van der Waals surface area (Å²) in [4.78, 5) is 43.5. The van der Waals surface area contributed by atoms with E-state index < -0.39 is 5.97 Å². The van der Waals surface area contributed by atoms with Crippen molar-refractivity contribution in [1.82, 2.24) is 9.47 Å². The molecule has 2 fully saturated rings. The number of aromatic nitrogens is 1. The van der Waals surface area contributed by atoms with E-state index in [1.165, 1.54) is 6.26 Å². The van der Waals surface area contributed by atoms with E-state index in [0.717, 1.165) is 36.6 Å². The second-order valence-corrected chi connectivity index (χ2v) is 8.83. The Balaban J connectivity index is 1.57. The minimum absolute atomic E-state index is 0.0855. The van der Waals surface area contributed by atoms with Gasteiger partial charge in [0.05, 0.1) is 24.1 Å². The number of furan rings is 1. The van der Waals surface area contributed by atoms with Crippen LogP contribution in [0.3, 0.4) is 0 Å². The molecular weight excluding hydrogens is 434 g/mol. The Morgan fingerprint density at radius 2 is 1.76 bits per heavy atom. The second-order valence-electron chi connectivity index (χ2n) is 8.83. The number of pyridine rings is 1. The number of hydrogen-bond donors (Lipinski definition) is 0. The molecule has 2 aromatic heterocycles. The molecule has 1 amide bonds. The molecule has 8 heteroatoms. The molecule has 0 spiro atoms. The van der Waals surface area contributed by atoms with E-state index in [0.29, 0.717) is 37.6 Å². The first-order valence-electron chi connectivity index (χ1n) is 12.0. The van der Waals surface area contributed by atoms with Crippen molar-refractivity contribution in [2.45, 2.75) is 38.6 Å². The Morgan fingerprint density at radius 1 is 1.03 bits per heavy atom. The van der Waals surface area contributed by atoms with Gasteiger partial charge in [-0.05, 0) is 38.0 Å². The highest BCUT2D eigenvalue weighted by molar-refractivity contribution is 6.05. The smallest absolute Gasteiger partial charge is 0.345 e. The number of carbonyl (C=O) groups excluding carboxylic acids is 2. The molecule has 0 unspecified atom stereocenters. The van der Waals surface area contributed by atoms with Crippen LogP contribution in [-0.2, 0) is 4.74 Å². The monoisotopic (exact) mass is 463 g/mol. The van der Waals surface area contributed by atoms with Crippen molar-refractivity contribution in [3.63, 3.8) is 0 Å². The lowest BCUT2D eigenvalue weighted by Crippen LogP contribution is -2.49. The van der Waals surface area contributed by atoms with Gasteiger partial charge >= 0.3 is 5.97 Å². The van der Waals surface area contributed by atoms with E-state index in [-0.39, 0.29) is 29.7 Å². The molecule has 0 N–H and O–H groups in total. The van der Waals surface area contributed by atoms with Crippen molar-refractivity contribution in [1.29, 1.82) is 0 Å². The van der Waals surface area contributed by atoms with Crippen LogP contribution in [0.2, 0.25) is 0 Å². The van der Waals surface area contributed by atoms with E-state index in [1.807, 2.05) is 33.7 Å². The summed E-state index contributed by atoms with van der Waals surface area (Å²) in [7, 11) is 0. The largest absolute Gasteiger partial charge is 0.462 e. The molecule has 5 rings (SSSR count). The lowest BCUT2D eigenvalue weighted by atomic mass is 10.0. The van der Waals surface area contributed by atoms with Gasteiger partial charge in [0, 0.05) is 37.6 Å². The van der Waals surface area contributed by atoms with Crippen LogP contribution in [0, 0.1) is 0 Å². The number of ether oxygens (including phenoxy) is 1. The number of benzene rings is 1. The number of para-hydroxylation sites is 1. The van der Waals surface area contributed by atoms with E-state index >= 15 is 0 Å². The Bertz CT molecular complexity index is 1250. The van der Waals surface area contributed by atoms with E-state index in [4.69, 9.17) is 9.15 Å².